The molecule has 2 aromatic carbocycles. The summed E-state index contributed by atoms with van der Waals surface area (Å²) < 4.78 is 22.5. The average molecular weight is 322 g/mol. The van der Waals surface area contributed by atoms with Gasteiger partial charge < -0.3 is 4.90 Å². The standard InChI is InChI=1S/C16H16ClNO2S/c17-21(19,20)16-9-5-14(6-10-16)13-3-7-15(8-4-13)18-11-1-2-12-18/h3-10H,1-2,11-12H2. The van der Waals surface area contributed by atoms with E-state index in [1.54, 1.807) is 12.1 Å². The molecule has 1 fully saturated rings. The molecule has 0 aliphatic carbocycles. The summed E-state index contributed by atoms with van der Waals surface area (Å²) in [5.41, 5.74) is 3.29. The molecule has 21 heavy (non-hydrogen) atoms. The minimum Gasteiger partial charge on any atom is -0.372 e. The largest absolute Gasteiger partial charge is 0.372 e. The Balaban J connectivity index is 1.83. The van der Waals surface area contributed by atoms with E-state index in [9.17, 15) is 8.42 Å². The van der Waals surface area contributed by atoms with Crippen LogP contribution in [0.15, 0.2) is 53.4 Å². The zero-order valence-corrected chi connectivity index (χ0v) is 13.1. The Bertz CT molecular complexity index is 718. The molecule has 0 aromatic heterocycles. The summed E-state index contributed by atoms with van der Waals surface area (Å²) in [6, 6.07) is 15.0. The number of rotatable bonds is 3. The van der Waals surface area contributed by atoms with Gasteiger partial charge in [0.25, 0.3) is 9.05 Å². The molecule has 5 heteroatoms. The van der Waals surface area contributed by atoms with E-state index in [1.807, 2.05) is 0 Å². The molecule has 0 atom stereocenters. The first-order valence-corrected chi connectivity index (χ1v) is 9.25. The third kappa shape index (κ3) is 3.22. The molecule has 1 aliphatic rings. The minimum atomic E-state index is -3.65. The van der Waals surface area contributed by atoms with Crippen molar-refractivity contribution in [3.05, 3.63) is 48.5 Å². The Morgan fingerprint density at radius 1 is 0.810 bits per heavy atom. The van der Waals surface area contributed by atoms with Gasteiger partial charge in [0.1, 0.15) is 0 Å². The molecule has 0 amide bonds. The van der Waals surface area contributed by atoms with Crippen LogP contribution < -0.4 is 4.90 Å². The van der Waals surface area contributed by atoms with Crippen LogP contribution >= 0.6 is 10.7 Å². The zero-order chi connectivity index (χ0) is 14.9. The molecule has 3 nitrogen and oxygen atoms in total. The maximum atomic E-state index is 11.2. The number of anilines is 1. The van der Waals surface area contributed by atoms with Gasteiger partial charge in [0.2, 0.25) is 0 Å². The summed E-state index contributed by atoms with van der Waals surface area (Å²) >= 11 is 0. The first-order chi connectivity index (χ1) is 10.0. The first-order valence-electron chi connectivity index (χ1n) is 6.94. The number of benzene rings is 2. The average Bonchev–Trinajstić information content (AvgIpc) is 3.01. The van der Waals surface area contributed by atoms with Gasteiger partial charge in [-0.3, -0.25) is 0 Å². The fourth-order valence-electron chi connectivity index (χ4n) is 2.65. The lowest BCUT2D eigenvalue weighted by atomic mass is 10.1. The Morgan fingerprint density at radius 2 is 1.29 bits per heavy atom. The molecule has 110 valence electrons. The van der Waals surface area contributed by atoms with E-state index in [2.05, 4.69) is 29.2 Å². The highest BCUT2D eigenvalue weighted by molar-refractivity contribution is 8.13. The van der Waals surface area contributed by atoms with Crippen molar-refractivity contribution in [2.45, 2.75) is 17.7 Å². The van der Waals surface area contributed by atoms with E-state index < -0.39 is 9.05 Å². The normalized spacial score (nSPS) is 15.4. The highest BCUT2D eigenvalue weighted by Crippen LogP contribution is 2.26. The molecular weight excluding hydrogens is 306 g/mol. The Hall–Kier alpha value is -1.52. The predicted octanol–water partition coefficient (Wildman–Crippen LogP) is 3.88. The molecule has 2 aromatic rings. The zero-order valence-electron chi connectivity index (χ0n) is 11.5. The van der Waals surface area contributed by atoms with Crippen LogP contribution in [0.25, 0.3) is 11.1 Å². The van der Waals surface area contributed by atoms with Gasteiger partial charge in [-0.15, -0.1) is 0 Å². The molecular formula is C16H16ClNO2S. The summed E-state index contributed by atoms with van der Waals surface area (Å²) in [4.78, 5) is 2.51. The summed E-state index contributed by atoms with van der Waals surface area (Å²) in [6.07, 6.45) is 2.52. The lowest BCUT2D eigenvalue weighted by molar-refractivity contribution is 0.609. The third-order valence-electron chi connectivity index (χ3n) is 3.81. The molecule has 1 saturated heterocycles. The highest BCUT2D eigenvalue weighted by atomic mass is 35.7. The Kier molecular flexibility index (Phi) is 3.91. The van der Waals surface area contributed by atoms with Crippen LogP contribution in [0.3, 0.4) is 0 Å². The van der Waals surface area contributed by atoms with E-state index in [4.69, 9.17) is 10.7 Å². The number of halogens is 1. The van der Waals surface area contributed by atoms with E-state index in [-0.39, 0.29) is 4.90 Å². The molecule has 1 heterocycles. The lowest BCUT2D eigenvalue weighted by Gasteiger charge is -2.17. The van der Waals surface area contributed by atoms with Crippen molar-refractivity contribution in [1.29, 1.82) is 0 Å². The van der Waals surface area contributed by atoms with Crippen LogP contribution in [0.1, 0.15) is 12.8 Å². The summed E-state index contributed by atoms with van der Waals surface area (Å²) in [5, 5.41) is 0. The van der Waals surface area contributed by atoms with Gasteiger partial charge in [-0.2, -0.15) is 0 Å². The van der Waals surface area contributed by atoms with Crippen LogP contribution in [0, 0.1) is 0 Å². The van der Waals surface area contributed by atoms with E-state index in [0.717, 1.165) is 24.2 Å². The van der Waals surface area contributed by atoms with E-state index in [0.29, 0.717) is 0 Å². The first kappa shape index (κ1) is 14.4. The van der Waals surface area contributed by atoms with Crippen molar-refractivity contribution in [2.75, 3.05) is 18.0 Å². The molecule has 1 aliphatic heterocycles. The van der Waals surface area contributed by atoms with Gasteiger partial charge in [-0.25, -0.2) is 8.42 Å². The molecule has 3 rings (SSSR count). The van der Waals surface area contributed by atoms with Gasteiger partial charge in [-0.1, -0.05) is 24.3 Å². The van der Waals surface area contributed by atoms with Gasteiger partial charge in [0, 0.05) is 29.5 Å². The Labute approximate surface area is 129 Å². The smallest absolute Gasteiger partial charge is 0.261 e. The topological polar surface area (TPSA) is 37.4 Å². The molecule has 0 unspecified atom stereocenters. The molecule has 0 N–H and O–H groups in total. The van der Waals surface area contributed by atoms with Crippen molar-refractivity contribution in [1.82, 2.24) is 0 Å². The lowest BCUT2D eigenvalue weighted by Crippen LogP contribution is -2.17. The van der Waals surface area contributed by atoms with Crippen LogP contribution in [0.4, 0.5) is 5.69 Å². The molecule has 0 radical (unpaired) electrons. The maximum absolute atomic E-state index is 11.2. The number of hydrogen-bond donors (Lipinski definition) is 0. The van der Waals surface area contributed by atoms with Crippen molar-refractivity contribution in [3.8, 4) is 11.1 Å². The summed E-state index contributed by atoms with van der Waals surface area (Å²) in [6.45, 7) is 2.25. The second kappa shape index (κ2) is 5.70. The van der Waals surface area contributed by atoms with E-state index in [1.165, 1.54) is 30.7 Å². The molecule has 0 saturated carbocycles. The highest BCUT2D eigenvalue weighted by Gasteiger charge is 2.12. The van der Waals surface area contributed by atoms with Gasteiger partial charge >= 0.3 is 0 Å². The minimum absolute atomic E-state index is 0.126. The van der Waals surface area contributed by atoms with Crippen molar-refractivity contribution >= 4 is 25.4 Å². The summed E-state index contributed by atoms with van der Waals surface area (Å²) in [7, 11) is 1.66. The summed E-state index contributed by atoms with van der Waals surface area (Å²) in [5.74, 6) is 0. The monoisotopic (exact) mass is 321 g/mol. The third-order valence-corrected chi connectivity index (χ3v) is 5.18. The fourth-order valence-corrected chi connectivity index (χ4v) is 3.42. The fraction of sp³-hybridized carbons (Fsp3) is 0.250. The SMILES string of the molecule is O=S(=O)(Cl)c1ccc(-c2ccc(N3CCCC3)cc2)cc1. The number of nitrogens with zero attached hydrogens (tertiary/aromatic N) is 1. The van der Waals surface area contributed by atoms with Gasteiger partial charge in [0.05, 0.1) is 4.90 Å². The van der Waals surface area contributed by atoms with Crippen LogP contribution in [-0.2, 0) is 9.05 Å². The van der Waals surface area contributed by atoms with Crippen LogP contribution in [0.5, 0.6) is 0 Å². The Morgan fingerprint density at radius 3 is 1.76 bits per heavy atom. The quantitative estimate of drug-likeness (QED) is 0.805. The van der Waals surface area contributed by atoms with Gasteiger partial charge in [0.15, 0.2) is 0 Å². The van der Waals surface area contributed by atoms with E-state index >= 15 is 0 Å². The second-order valence-corrected chi connectivity index (χ2v) is 7.77. The predicted molar refractivity (Wildman–Crippen MR) is 86.4 cm³/mol. The van der Waals surface area contributed by atoms with Gasteiger partial charge in [-0.05, 0) is 48.2 Å². The van der Waals surface area contributed by atoms with Crippen molar-refractivity contribution < 1.29 is 8.42 Å². The number of hydrogen-bond acceptors (Lipinski definition) is 3. The molecule has 0 spiro atoms. The van der Waals surface area contributed by atoms with Crippen molar-refractivity contribution in [2.24, 2.45) is 0 Å². The molecule has 0 bridgehead atoms. The maximum Gasteiger partial charge on any atom is 0.261 e. The van der Waals surface area contributed by atoms with Crippen molar-refractivity contribution in [3.63, 3.8) is 0 Å². The second-order valence-electron chi connectivity index (χ2n) is 5.20. The van der Waals surface area contributed by atoms with Crippen LogP contribution in [0.2, 0.25) is 0 Å². The van der Waals surface area contributed by atoms with Crippen LogP contribution in [-0.4, -0.2) is 21.5 Å².